The third-order valence-electron chi connectivity index (χ3n) is 3.24. The van der Waals surface area contributed by atoms with Gasteiger partial charge in [-0.1, -0.05) is 23.7 Å². The second-order valence-corrected chi connectivity index (χ2v) is 5.71. The number of rotatable bonds is 8. The first-order valence-electron chi connectivity index (χ1n) is 7.62. The van der Waals surface area contributed by atoms with E-state index in [-0.39, 0.29) is 24.0 Å². The fourth-order valence-electron chi connectivity index (χ4n) is 1.92. The van der Waals surface area contributed by atoms with Crippen molar-refractivity contribution < 1.29 is 4.74 Å². The standard InChI is InChI=1S/C16H24ClN3O.HI/c1-2-18-16(19-8-9-21-12-13-6-7-13)20-11-14-4-3-5-15(17)10-14;/h3-5,10,13H,2,6-9,11-12H2,1H3,(H2,18,19,20);1H. The van der Waals surface area contributed by atoms with Crippen molar-refractivity contribution >= 4 is 41.5 Å². The molecule has 1 aliphatic carbocycles. The van der Waals surface area contributed by atoms with Crippen molar-refractivity contribution in [1.82, 2.24) is 10.6 Å². The van der Waals surface area contributed by atoms with Gasteiger partial charge in [0.05, 0.1) is 13.2 Å². The first-order chi connectivity index (χ1) is 10.3. The van der Waals surface area contributed by atoms with Crippen LogP contribution in [-0.4, -0.2) is 32.3 Å². The number of benzene rings is 1. The molecule has 124 valence electrons. The SMILES string of the molecule is CCNC(=NCc1cccc(Cl)c1)NCCOCC1CC1.I. The van der Waals surface area contributed by atoms with Gasteiger partial charge >= 0.3 is 0 Å². The van der Waals surface area contributed by atoms with Crippen molar-refractivity contribution in [2.24, 2.45) is 10.9 Å². The second kappa shape index (κ2) is 11.1. The van der Waals surface area contributed by atoms with E-state index in [0.29, 0.717) is 6.54 Å². The van der Waals surface area contributed by atoms with E-state index in [0.717, 1.165) is 48.8 Å². The Morgan fingerprint density at radius 1 is 1.36 bits per heavy atom. The van der Waals surface area contributed by atoms with Gasteiger partial charge in [0.25, 0.3) is 0 Å². The van der Waals surface area contributed by atoms with Crippen molar-refractivity contribution in [3.8, 4) is 0 Å². The molecular weight excluding hydrogens is 413 g/mol. The van der Waals surface area contributed by atoms with Gasteiger partial charge in [-0.3, -0.25) is 0 Å². The molecule has 0 radical (unpaired) electrons. The Morgan fingerprint density at radius 3 is 2.86 bits per heavy atom. The highest BCUT2D eigenvalue weighted by molar-refractivity contribution is 14.0. The summed E-state index contributed by atoms with van der Waals surface area (Å²) in [7, 11) is 0. The molecule has 0 amide bonds. The lowest BCUT2D eigenvalue weighted by atomic mass is 10.2. The molecule has 0 saturated heterocycles. The molecule has 0 spiro atoms. The molecule has 1 fully saturated rings. The van der Waals surface area contributed by atoms with Crippen LogP contribution in [0.25, 0.3) is 0 Å². The van der Waals surface area contributed by atoms with Gasteiger partial charge in [0, 0.05) is 24.7 Å². The Balaban J connectivity index is 0.00000242. The highest BCUT2D eigenvalue weighted by atomic mass is 127. The lowest BCUT2D eigenvalue weighted by molar-refractivity contribution is 0.129. The van der Waals surface area contributed by atoms with Crippen LogP contribution in [0, 0.1) is 5.92 Å². The largest absolute Gasteiger partial charge is 0.379 e. The molecule has 1 aliphatic rings. The molecule has 0 atom stereocenters. The van der Waals surface area contributed by atoms with Crippen molar-refractivity contribution in [1.29, 1.82) is 0 Å². The van der Waals surface area contributed by atoms with E-state index < -0.39 is 0 Å². The van der Waals surface area contributed by atoms with Gasteiger partial charge in [-0.2, -0.15) is 0 Å². The van der Waals surface area contributed by atoms with Crippen molar-refractivity contribution in [3.63, 3.8) is 0 Å². The summed E-state index contributed by atoms with van der Waals surface area (Å²) in [6.45, 7) is 5.90. The zero-order valence-corrected chi connectivity index (χ0v) is 16.1. The number of hydrogen-bond acceptors (Lipinski definition) is 2. The summed E-state index contributed by atoms with van der Waals surface area (Å²) in [4.78, 5) is 4.55. The van der Waals surface area contributed by atoms with Crippen LogP contribution < -0.4 is 10.6 Å². The molecule has 1 saturated carbocycles. The van der Waals surface area contributed by atoms with Crippen molar-refractivity contribution in [3.05, 3.63) is 34.9 Å². The Hall–Kier alpha value is -0.530. The van der Waals surface area contributed by atoms with Gasteiger partial charge in [0.2, 0.25) is 0 Å². The minimum absolute atomic E-state index is 0. The lowest BCUT2D eigenvalue weighted by Crippen LogP contribution is -2.39. The van der Waals surface area contributed by atoms with E-state index >= 15 is 0 Å². The molecule has 4 nitrogen and oxygen atoms in total. The average Bonchev–Trinajstić information content (AvgIpc) is 3.28. The summed E-state index contributed by atoms with van der Waals surface area (Å²) in [6.07, 6.45) is 2.66. The topological polar surface area (TPSA) is 45.7 Å². The maximum absolute atomic E-state index is 5.97. The number of guanidine groups is 1. The zero-order valence-electron chi connectivity index (χ0n) is 13.0. The second-order valence-electron chi connectivity index (χ2n) is 5.27. The first kappa shape index (κ1) is 19.5. The third kappa shape index (κ3) is 8.19. The number of nitrogens with one attached hydrogen (secondary N) is 2. The fourth-order valence-corrected chi connectivity index (χ4v) is 2.14. The van der Waals surface area contributed by atoms with Gasteiger partial charge in [0.15, 0.2) is 5.96 Å². The summed E-state index contributed by atoms with van der Waals surface area (Å²) >= 11 is 5.97. The number of aliphatic imine (C=N–C) groups is 1. The zero-order chi connectivity index (χ0) is 14.9. The van der Waals surface area contributed by atoms with E-state index in [9.17, 15) is 0 Å². The number of halogens is 2. The molecule has 0 aliphatic heterocycles. The van der Waals surface area contributed by atoms with E-state index in [1.165, 1.54) is 12.8 Å². The molecule has 0 bridgehead atoms. The summed E-state index contributed by atoms with van der Waals surface area (Å²) in [6, 6.07) is 7.78. The molecular formula is C16H25ClIN3O. The quantitative estimate of drug-likeness (QED) is 0.283. The minimum atomic E-state index is 0. The maximum atomic E-state index is 5.97. The Kier molecular flexibility index (Phi) is 9.82. The third-order valence-corrected chi connectivity index (χ3v) is 3.48. The average molecular weight is 438 g/mol. The van der Waals surface area contributed by atoms with E-state index in [4.69, 9.17) is 16.3 Å². The molecule has 2 rings (SSSR count). The molecule has 0 aromatic heterocycles. The van der Waals surface area contributed by atoms with Crippen LogP contribution in [0.15, 0.2) is 29.3 Å². The van der Waals surface area contributed by atoms with Crippen LogP contribution in [0.3, 0.4) is 0 Å². The summed E-state index contributed by atoms with van der Waals surface area (Å²) in [5.74, 6) is 1.63. The van der Waals surface area contributed by atoms with Gasteiger partial charge in [-0.15, -0.1) is 24.0 Å². The monoisotopic (exact) mass is 437 g/mol. The highest BCUT2D eigenvalue weighted by Crippen LogP contribution is 2.28. The number of ether oxygens (including phenoxy) is 1. The first-order valence-corrected chi connectivity index (χ1v) is 8.00. The Labute approximate surface area is 155 Å². The molecule has 1 aromatic rings. The van der Waals surface area contributed by atoms with Gasteiger partial charge < -0.3 is 15.4 Å². The van der Waals surface area contributed by atoms with Crippen molar-refractivity contribution in [2.75, 3.05) is 26.3 Å². The molecule has 6 heteroatoms. The molecule has 0 unspecified atom stereocenters. The summed E-state index contributed by atoms with van der Waals surface area (Å²) < 4.78 is 5.60. The lowest BCUT2D eigenvalue weighted by Gasteiger charge is -2.11. The smallest absolute Gasteiger partial charge is 0.191 e. The Bertz CT molecular complexity index is 466. The predicted octanol–water partition coefficient (Wildman–Crippen LogP) is 3.44. The number of nitrogens with zero attached hydrogens (tertiary/aromatic N) is 1. The highest BCUT2D eigenvalue weighted by Gasteiger charge is 2.20. The maximum Gasteiger partial charge on any atom is 0.191 e. The van der Waals surface area contributed by atoms with Crippen LogP contribution in [0.5, 0.6) is 0 Å². The molecule has 1 aromatic carbocycles. The van der Waals surface area contributed by atoms with Crippen LogP contribution >= 0.6 is 35.6 Å². The summed E-state index contributed by atoms with van der Waals surface area (Å²) in [5, 5.41) is 7.25. The van der Waals surface area contributed by atoms with Gasteiger partial charge in [-0.05, 0) is 43.4 Å². The molecule has 22 heavy (non-hydrogen) atoms. The number of hydrogen-bond donors (Lipinski definition) is 2. The van der Waals surface area contributed by atoms with Gasteiger partial charge in [0.1, 0.15) is 0 Å². The van der Waals surface area contributed by atoms with Crippen LogP contribution in [0.1, 0.15) is 25.3 Å². The van der Waals surface area contributed by atoms with Gasteiger partial charge in [-0.25, -0.2) is 4.99 Å². The van der Waals surface area contributed by atoms with Crippen LogP contribution in [0.2, 0.25) is 5.02 Å². The van der Waals surface area contributed by atoms with E-state index in [2.05, 4.69) is 22.5 Å². The van der Waals surface area contributed by atoms with Crippen LogP contribution in [0.4, 0.5) is 0 Å². The molecule has 2 N–H and O–H groups in total. The predicted molar refractivity (Wildman–Crippen MR) is 103 cm³/mol. The fraction of sp³-hybridized carbons (Fsp3) is 0.562. The molecule has 0 heterocycles. The van der Waals surface area contributed by atoms with E-state index in [1.807, 2.05) is 24.3 Å². The van der Waals surface area contributed by atoms with Crippen LogP contribution in [-0.2, 0) is 11.3 Å². The summed E-state index contributed by atoms with van der Waals surface area (Å²) in [5.41, 5.74) is 1.10. The van der Waals surface area contributed by atoms with Crippen molar-refractivity contribution in [2.45, 2.75) is 26.3 Å². The minimum Gasteiger partial charge on any atom is -0.379 e. The van der Waals surface area contributed by atoms with E-state index in [1.54, 1.807) is 0 Å². The normalized spacial score (nSPS) is 14.4. The Morgan fingerprint density at radius 2 is 2.18 bits per heavy atom.